The molecule has 120 valence electrons. The fourth-order valence-corrected chi connectivity index (χ4v) is 2.79. The molecule has 0 bridgehead atoms. The summed E-state index contributed by atoms with van der Waals surface area (Å²) < 4.78 is 1.86. The maximum atomic E-state index is 11.9. The van der Waals surface area contributed by atoms with Crippen molar-refractivity contribution in [3.63, 3.8) is 0 Å². The van der Waals surface area contributed by atoms with E-state index in [0.29, 0.717) is 5.56 Å². The van der Waals surface area contributed by atoms with Gasteiger partial charge in [0, 0.05) is 24.3 Å². The fourth-order valence-electron chi connectivity index (χ4n) is 1.94. The van der Waals surface area contributed by atoms with E-state index in [0.717, 1.165) is 29.3 Å². The maximum Gasteiger partial charge on any atom is 0.269 e. The molecule has 2 N–H and O–H groups in total. The van der Waals surface area contributed by atoms with Gasteiger partial charge in [-0.2, -0.15) is 0 Å². The first-order valence-corrected chi connectivity index (χ1v) is 8.28. The lowest BCUT2D eigenvalue weighted by atomic mass is 10.1. The number of hydrazine groups is 1. The number of aromatic nitrogens is 3. The van der Waals surface area contributed by atoms with Crippen molar-refractivity contribution >= 4 is 23.6 Å². The zero-order valence-electron chi connectivity index (χ0n) is 12.7. The van der Waals surface area contributed by atoms with Crippen LogP contribution in [0.15, 0.2) is 35.7 Å². The van der Waals surface area contributed by atoms with Crippen molar-refractivity contribution in [1.29, 1.82) is 0 Å². The minimum Gasteiger partial charge on any atom is -0.312 e. The molecule has 23 heavy (non-hydrogen) atoms. The molecule has 1 aromatic carbocycles. The van der Waals surface area contributed by atoms with Crippen molar-refractivity contribution < 1.29 is 9.59 Å². The standard InChI is InChI=1S/C15H17N5O2S/c1-20-9-16-19-15(20)23-8-10-2-4-11(5-3-10)13(21)17-18-14(22)12-6-7-12/h2-5,9,12H,6-8H2,1H3,(H,17,21)(H,18,22). The van der Waals surface area contributed by atoms with Crippen molar-refractivity contribution in [3.8, 4) is 0 Å². The first-order valence-electron chi connectivity index (χ1n) is 7.29. The Hall–Kier alpha value is -2.35. The quantitative estimate of drug-likeness (QED) is 0.636. The van der Waals surface area contributed by atoms with Crippen LogP contribution in [0, 0.1) is 5.92 Å². The second kappa shape index (κ2) is 6.82. The van der Waals surface area contributed by atoms with E-state index in [4.69, 9.17) is 0 Å². The van der Waals surface area contributed by atoms with Gasteiger partial charge in [0.15, 0.2) is 5.16 Å². The number of hydrogen-bond donors (Lipinski definition) is 2. The van der Waals surface area contributed by atoms with Crippen molar-refractivity contribution in [2.75, 3.05) is 0 Å². The van der Waals surface area contributed by atoms with Gasteiger partial charge in [0.05, 0.1) is 0 Å². The van der Waals surface area contributed by atoms with Crippen LogP contribution >= 0.6 is 11.8 Å². The molecule has 8 heteroatoms. The summed E-state index contributed by atoms with van der Waals surface area (Å²) in [5.74, 6) is 0.379. The van der Waals surface area contributed by atoms with Crippen LogP contribution in [0.2, 0.25) is 0 Å². The summed E-state index contributed by atoms with van der Waals surface area (Å²) >= 11 is 1.58. The zero-order valence-corrected chi connectivity index (χ0v) is 13.5. The van der Waals surface area contributed by atoms with Crippen molar-refractivity contribution in [3.05, 3.63) is 41.7 Å². The van der Waals surface area contributed by atoms with E-state index in [2.05, 4.69) is 21.0 Å². The van der Waals surface area contributed by atoms with Crippen LogP contribution in [0.4, 0.5) is 0 Å². The highest BCUT2D eigenvalue weighted by atomic mass is 32.2. The number of hydrogen-bond acceptors (Lipinski definition) is 5. The van der Waals surface area contributed by atoms with Crippen LogP contribution in [0.25, 0.3) is 0 Å². The Bertz CT molecular complexity index is 709. The molecule has 0 unspecified atom stereocenters. The highest BCUT2D eigenvalue weighted by Crippen LogP contribution is 2.28. The normalized spacial score (nSPS) is 13.6. The number of nitrogens with one attached hydrogen (secondary N) is 2. The molecule has 2 amide bonds. The molecule has 1 fully saturated rings. The zero-order chi connectivity index (χ0) is 16.2. The molecule has 3 rings (SSSR count). The molecule has 1 saturated carbocycles. The number of thioether (sulfide) groups is 1. The van der Waals surface area contributed by atoms with E-state index in [1.807, 2.05) is 23.7 Å². The Morgan fingerprint density at radius 2 is 2.00 bits per heavy atom. The van der Waals surface area contributed by atoms with Crippen molar-refractivity contribution in [1.82, 2.24) is 25.6 Å². The molecule has 1 aliphatic carbocycles. The summed E-state index contributed by atoms with van der Waals surface area (Å²) in [5, 5.41) is 8.68. The molecule has 1 heterocycles. The highest BCUT2D eigenvalue weighted by Gasteiger charge is 2.29. The molecular weight excluding hydrogens is 314 g/mol. The first kappa shape index (κ1) is 15.5. The Balaban J connectivity index is 1.50. The van der Waals surface area contributed by atoms with Gasteiger partial charge in [-0.05, 0) is 30.5 Å². The Labute approximate surface area is 137 Å². The van der Waals surface area contributed by atoms with E-state index in [9.17, 15) is 9.59 Å². The Morgan fingerprint density at radius 1 is 1.26 bits per heavy atom. The monoisotopic (exact) mass is 331 g/mol. The fraction of sp³-hybridized carbons (Fsp3) is 0.333. The molecule has 1 aromatic heterocycles. The molecule has 0 saturated heterocycles. The van der Waals surface area contributed by atoms with Gasteiger partial charge in [0.25, 0.3) is 5.91 Å². The topological polar surface area (TPSA) is 88.9 Å². The smallest absolute Gasteiger partial charge is 0.269 e. The number of benzene rings is 1. The van der Waals surface area contributed by atoms with E-state index < -0.39 is 0 Å². The molecule has 1 aliphatic rings. The second-order valence-corrected chi connectivity index (χ2v) is 6.37. The average molecular weight is 331 g/mol. The lowest BCUT2D eigenvalue weighted by molar-refractivity contribution is -0.123. The number of nitrogens with zero attached hydrogens (tertiary/aromatic N) is 3. The number of aryl methyl sites for hydroxylation is 1. The Kier molecular flexibility index (Phi) is 4.61. The van der Waals surface area contributed by atoms with E-state index in [-0.39, 0.29) is 17.7 Å². The van der Waals surface area contributed by atoms with Crippen molar-refractivity contribution in [2.45, 2.75) is 23.8 Å². The van der Waals surface area contributed by atoms with E-state index in [1.165, 1.54) is 0 Å². The summed E-state index contributed by atoms with van der Waals surface area (Å²) in [6.45, 7) is 0. The lowest BCUT2D eigenvalue weighted by Gasteiger charge is -2.07. The summed E-state index contributed by atoms with van der Waals surface area (Å²) in [5.41, 5.74) is 6.47. The first-order chi connectivity index (χ1) is 11.1. The van der Waals surface area contributed by atoms with Gasteiger partial charge < -0.3 is 4.57 Å². The molecule has 0 aliphatic heterocycles. The van der Waals surface area contributed by atoms with Gasteiger partial charge in [0.2, 0.25) is 5.91 Å². The average Bonchev–Trinajstić information content (AvgIpc) is 3.34. The predicted molar refractivity (Wildman–Crippen MR) is 85.3 cm³/mol. The minimum absolute atomic E-state index is 0.0651. The number of amides is 2. The van der Waals surface area contributed by atoms with Gasteiger partial charge in [0.1, 0.15) is 6.33 Å². The van der Waals surface area contributed by atoms with Crippen LogP contribution in [-0.2, 0) is 17.6 Å². The highest BCUT2D eigenvalue weighted by molar-refractivity contribution is 7.98. The van der Waals surface area contributed by atoms with E-state index >= 15 is 0 Å². The third-order valence-corrected chi connectivity index (χ3v) is 4.61. The van der Waals surface area contributed by atoms with Crippen LogP contribution < -0.4 is 10.9 Å². The van der Waals surface area contributed by atoms with Crippen molar-refractivity contribution in [2.24, 2.45) is 13.0 Å². The lowest BCUT2D eigenvalue weighted by Crippen LogP contribution is -2.42. The predicted octanol–water partition coefficient (Wildman–Crippen LogP) is 1.28. The number of rotatable bonds is 5. The van der Waals surface area contributed by atoms with Gasteiger partial charge in [-0.3, -0.25) is 20.4 Å². The molecule has 2 aromatic rings. The molecule has 0 radical (unpaired) electrons. The molecule has 0 spiro atoms. The van der Waals surface area contributed by atoms with Gasteiger partial charge in [-0.15, -0.1) is 10.2 Å². The van der Waals surface area contributed by atoms with Crippen LogP contribution in [0.3, 0.4) is 0 Å². The SMILES string of the molecule is Cn1cnnc1SCc1ccc(C(=O)NNC(=O)C2CC2)cc1. The maximum absolute atomic E-state index is 11.9. The molecule has 7 nitrogen and oxygen atoms in total. The van der Waals surface area contributed by atoms with Crippen LogP contribution in [0.5, 0.6) is 0 Å². The summed E-state index contributed by atoms with van der Waals surface area (Å²) in [6.07, 6.45) is 3.46. The number of carbonyl (C=O) groups excluding carboxylic acids is 2. The second-order valence-electron chi connectivity index (χ2n) is 5.43. The van der Waals surface area contributed by atoms with Gasteiger partial charge >= 0.3 is 0 Å². The molecular formula is C15H17N5O2S. The van der Waals surface area contributed by atoms with Gasteiger partial charge in [-0.25, -0.2) is 0 Å². The summed E-state index contributed by atoms with van der Waals surface area (Å²) in [4.78, 5) is 23.4. The third kappa shape index (κ3) is 4.10. The van der Waals surface area contributed by atoms with Crippen LogP contribution in [-0.4, -0.2) is 26.6 Å². The summed E-state index contributed by atoms with van der Waals surface area (Å²) in [7, 11) is 1.89. The Morgan fingerprint density at radius 3 is 2.61 bits per heavy atom. The van der Waals surface area contributed by atoms with Crippen LogP contribution in [0.1, 0.15) is 28.8 Å². The third-order valence-electron chi connectivity index (χ3n) is 3.50. The molecule has 0 atom stereocenters. The van der Waals surface area contributed by atoms with E-state index in [1.54, 1.807) is 30.2 Å². The number of carbonyl (C=O) groups is 2. The summed E-state index contributed by atoms with van der Waals surface area (Å²) in [6, 6.07) is 7.26. The minimum atomic E-state index is -0.313. The largest absolute Gasteiger partial charge is 0.312 e. The van der Waals surface area contributed by atoms with Gasteiger partial charge in [-0.1, -0.05) is 23.9 Å².